The summed E-state index contributed by atoms with van der Waals surface area (Å²) in [4.78, 5) is 17.1. The van der Waals surface area contributed by atoms with Crippen molar-refractivity contribution in [2.24, 2.45) is 0 Å². The highest BCUT2D eigenvalue weighted by Crippen LogP contribution is 2.30. The number of benzene rings is 3. The van der Waals surface area contributed by atoms with E-state index in [1.54, 1.807) is 0 Å². The molecule has 1 heterocycles. The number of carbonyl (C=O) groups is 1. The predicted octanol–water partition coefficient (Wildman–Crippen LogP) is 5.23. The van der Waals surface area contributed by atoms with Crippen LogP contribution in [-0.2, 0) is 4.79 Å². The quantitative estimate of drug-likeness (QED) is 0.525. The molecule has 1 N–H and O–H groups in total. The molecule has 1 amide bonds. The minimum Gasteiger partial charge on any atom is -0.483 e. The van der Waals surface area contributed by atoms with Crippen LogP contribution < -0.4 is 10.1 Å². The summed E-state index contributed by atoms with van der Waals surface area (Å²) < 4.78 is 5.92. The second kappa shape index (κ2) is 7.92. The summed E-state index contributed by atoms with van der Waals surface area (Å²) in [6.07, 6.45) is 0. The van der Waals surface area contributed by atoms with Crippen molar-refractivity contribution in [1.82, 2.24) is 4.98 Å². The van der Waals surface area contributed by atoms with Crippen molar-refractivity contribution < 1.29 is 9.53 Å². The molecule has 0 fully saturated rings. The Bertz CT molecular complexity index is 1110. The molecule has 0 bridgehead atoms. The lowest BCUT2D eigenvalue weighted by Crippen LogP contribution is -2.20. The molecule has 1 aromatic heterocycles. The normalized spacial score (nSPS) is 10.6. The molecule has 4 rings (SSSR count). The Kier molecular flexibility index (Phi) is 5.02. The molecule has 4 nitrogen and oxygen atoms in total. The van der Waals surface area contributed by atoms with Crippen LogP contribution in [-0.4, -0.2) is 17.5 Å². The summed E-state index contributed by atoms with van der Waals surface area (Å²) in [5, 5.41) is 3.73. The van der Waals surface area contributed by atoms with E-state index in [1.807, 2.05) is 91.9 Å². The molecule has 0 atom stereocenters. The predicted molar refractivity (Wildman–Crippen MR) is 112 cm³/mol. The Morgan fingerprint density at radius 3 is 2.39 bits per heavy atom. The van der Waals surface area contributed by atoms with Crippen LogP contribution in [0.5, 0.6) is 5.75 Å². The van der Waals surface area contributed by atoms with Crippen molar-refractivity contribution in [3.05, 3.63) is 90.5 Å². The number of anilines is 1. The average molecular weight is 368 g/mol. The Morgan fingerprint density at radius 2 is 1.64 bits per heavy atom. The Balaban J connectivity index is 1.63. The number of pyridine rings is 1. The van der Waals surface area contributed by atoms with E-state index in [1.165, 1.54) is 0 Å². The molecule has 0 aliphatic carbocycles. The van der Waals surface area contributed by atoms with Gasteiger partial charge in [-0.2, -0.15) is 0 Å². The summed E-state index contributed by atoms with van der Waals surface area (Å²) in [6, 6.07) is 27.2. The van der Waals surface area contributed by atoms with E-state index in [2.05, 4.69) is 5.32 Å². The van der Waals surface area contributed by atoms with Gasteiger partial charge in [-0.25, -0.2) is 4.98 Å². The fourth-order valence-corrected chi connectivity index (χ4v) is 3.05. The molecular formula is C24H20N2O2. The van der Waals surface area contributed by atoms with Gasteiger partial charge in [0.2, 0.25) is 0 Å². The molecule has 138 valence electrons. The zero-order valence-corrected chi connectivity index (χ0v) is 15.6. The second-order valence-corrected chi connectivity index (χ2v) is 6.60. The van der Waals surface area contributed by atoms with E-state index in [-0.39, 0.29) is 12.5 Å². The van der Waals surface area contributed by atoms with Gasteiger partial charge in [-0.05, 0) is 31.2 Å². The van der Waals surface area contributed by atoms with Gasteiger partial charge in [0.15, 0.2) is 6.61 Å². The van der Waals surface area contributed by atoms with Crippen LogP contribution in [0.25, 0.3) is 22.2 Å². The van der Waals surface area contributed by atoms with Crippen molar-refractivity contribution in [2.75, 3.05) is 11.9 Å². The molecule has 0 aliphatic heterocycles. The fourth-order valence-electron chi connectivity index (χ4n) is 3.05. The van der Waals surface area contributed by atoms with Crippen LogP contribution >= 0.6 is 0 Å². The average Bonchev–Trinajstić information content (AvgIpc) is 2.73. The van der Waals surface area contributed by atoms with Crippen LogP contribution in [0.4, 0.5) is 5.69 Å². The van der Waals surface area contributed by atoms with Crippen molar-refractivity contribution in [1.29, 1.82) is 0 Å². The molecule has 4 heteroatoms. The topological polar surface area (TPSA) is 51.2 Å². The van der Waals surface area contributed by atoms with E-state index in [0.717, 1.165) is 33.4 Å². The Labute approximate surface area is 163 Å². The number of nitrogens with one attached hydrogen (secondary N) is 1. The van der Waals surface area contributed by atoms with Crippen LogP contribution in [0.3, 0.4) is 0 Å². The van der Waals surface area contributed by atoms with Gasteiger partial charge in [0.25, 0.3) is 5.91 Å². The third kappa shape index (κ3) is 4.01. The highest BCUT2D eigenvalue weighted by atomic mass is 16.5. The summed E-state index contributed by atoms with van der Waals surface area (Å²) >= 11 is 0. The number of aromatic nitrogens is 1. The molecule has 0 unspecified atom stereocenters. The van der Waals surface area contributed by atoms with E-state index in [9.17, 15) is 4.79 Å². The third-order valence-electron chi connectivity index (χ3n) is 4.41. The highest BCUT2D eigenvalue weighted by molar-refractivity contribution is 5.93. The van der Waals surface area contributed by atoms with Gasteiger partial charge < -0.3 is 10.1 Å². The third-order valence-corrected chi connectivity index (χ3v) is 4.41. The van der Waals surface area contributed by atoms with Gasteiger partial charge in [-0.15, -0.1) is 0 Å². The first-order chi connectivity index (χ1) is 13.7. The lowest BCUT2D eigenvalue weighted by molar-refractivity contribution is -0.118. The SMILES string of the molecule is Cc1ccc2nc(-c3ccccc3)cc(OCC(=O)Nc3ccccc3)c2c1. The number of nitrogens with zero attached hydrogens (tertiary/aromatic N) is 1. The van der Waals surface area contributed by atoms with Gasteiger partial charge in [0.05, 0.1) is 11.2 Å². The smallest absolute Gasteiger partial charge is 0.262 e. The van der Waals surface area contributed by atoms with Gasteiger partial charge in [-0.1, -0.05) is 60.2 Å². The molecule has 28 heavy (non-hydrogen) atoms. The molecule has 0 radical (unpaired) electrons. The number of hydrogen-bond acceptors (Lipinski definition) is 3. The standard InChI is InChI=1S/C24H20N2O2/c1-17-12-13-21-20(14-17)23(15-22(26-21)18-8-4-2-5-9-18)28-16-24(27)25-19-10-6-3-7-11-19/h2-15H,16H2,1H3,(H,25,27). The Morgan fingerprint density at radius 1 is 0.929 bits per heavy atom. The van der Waals surface area contributed by atoms with E-state index in [4.69, 9.17) is 9.72 Å². The molecule has 3 aromatic carbocycles. The fraction of sp³-hybridized carbons (Fsp3) is 0.0833. The summed E-state index contributed by atoms with van der Waals surface area (Å²) in [6.45, 7) is 1.95. The van der Waals surface area contributed by atoms with E-state index < -0.39 is 0 Å². The van der Waals surface area contributed by atoms with Crippen molar-refractivity contribution in [3.63, 3.8) is 0 Å². The molecule has 0 aliphatic rings. The highest BCUT2D eigenvalue weighted by Gasteiger charge is 2.11. The Hall–Kier alpha value is -3.66. The number of amides is 1. The van der Waals surface area contributed by atoms with Gasteiger partial charge in [-0.3, -0.25) is 4.79 Å². The van der Waals surface area contributed by atoms with Gasteiger partial charge in [0.1, 0.15) is 5.75 Å². The van der Waals surface area contributed by atoms with E-state index >= 15 is 0 Å². The summed E-state index contributed by atoms with van der Waals surface area (Å²) in [5.41, 5.74) is 4.52. The van der Waals surface area contributed by atoms with Crippen LogP contribution in [0, 0.1) is 6.92 Å². The summed E-state index contributed by atoms with van der Waals surface area (Å²) in [7, 11) is 0. The maximum absolute atomic E-state index is 12.3. The van der Waals surface area contributed by atoms with Crippen molar-refractivity contribution in [3.8, 4) is 17.0 Å². The number of carbonyl (C=O) groups excluding carboxylic acids is 1. The molecule has 0 spiro atoms. The lowest BCUT2D eigenvalue weighted by Gasteiger charge is -2.12. The number of aryl methyl sites for hydroxylation is 1. The van der Waals surface area contributed by atoms with Crippen LogP contribution in [0.2, 0.25) is 0 Å². The minimum absolute atomic E-state index is 0.0732. The largest absolute Gasteiger partial charge is 0.483 e. The monoisotopic (exact) mass is 368 g/mol. The van der Waals surface area contributed by atoms with Crippen molar-refractivity contribution in [2.45, 2.75) is 6.92 Å². The zero-order valence-electron chi connectivity index (χ0n) is 15.6. The number of fused-ring (bicyclic) bond motifs is 1. The van der Waals surface area contributed by atoms with E-state index in [0.29, 0.717) is 5.75 Å². The molecule has 0 saturated heterocycles. The maximum atomic E-state index is 12.3. The van der Waals surface area contributed by atoms with Gasteiger partial charge in [0, 0.05) is 22.7 Å². The first kappa shape index (κ1) is 17.7. The molecule has 0 saturated carbocycles. The van der Waals surface area contributed by atoms with Crippen LogP contribution in [0.1, 0.15) is 5.56 Å². The first-order valence-corrected chi connectivity index (χ1v) is 9.13. The van der Waals surface area contributed by atoms with Gasteiger partial charge >= 0.3 is 0 Å². The van der Waals surface area contributed by atoms with Crippen LogP contribution in [0.15, 0.2) is 84.9 Å². The molecular weight excluding hydrogens is 348 g/mol. The number of para-hydroxylation sites is 1. The lowest BCUT2D eigenvalue weighted by atomic mass is 10.1. The minimum atomic E-state index is -0.204. The van der Waals surface area contributed by atoms with Crippen molar-refractivity contribution >= 4 is 22.5 Å². The second-order valence-electron chi connectivity index (χ2n) is 6.60. The molecule has 4 aromatic rings. The summed E-state index contributed by atoms with van der Waals surface area (Å²) in [5.74, 6) is 0.445. The number of hydrogen-bond donors (Lipinski definition) is 1. The zero-order chi connectivity index (χ0) is 19.3. The first-order valence-electron chi connectivity index (χ1n) is 9.13. The number of ether oxygens (including phenoxy) is 1. The maximum Gasteiger partial charge on any atom is 0.262 e. The number of rotatable bonds is 5.